The second kappa shape index (κ2) is 5.89. The van der Waals surface area contributed by atoms with E-state index in [4.69, 9.17) is 0 Å². The fourth-order valence-corrected chi connectivity index (χ4v) is 4.02. The Labute approximate surface area is 111 Å². The lowest BCUT2D eigenvalue weighted by atomic mass is 10.3. The van der Waals surface area contributed by atoms with Crippen LogP contribution in [0.5, 0.6) is 0 Å². The van der Waals surface area contributed by atoms with Crippen molar-refractivity contribution in [2.45, 2.75) is 24.5 Å². The van der Waals surface area contributed by atoms with Gasteiger partial charge in [0.15, 0.2) is 0 Å². The van der Waals surface area contributed by atoms with Gasteiger partial charge >= 0.3 is 0 Å². The van der Waals surface area contributed by atoms with E-state index < -0.39 is 0 Å². The Morgan fingerprint density at radius 1 is 1.53 bits per heavy atom. The molecular weight excluding hydrogens is 252 g/mol. The molecule has 0 aromatic carbocycles. The van der Waals surface area contributed by atoms with Crippen LogP contribution in [0.1, 0.15) is 24.8 Å². The van der Waals surface area contributed by atoms with Crippen LogP contribution in [0.15, 0.2) is 16.8 Å². The van der Waals surface area contributed by atoms with Crippen molar-refractivity contribution in [2.75, 3.05) is 19.6 Å². The molecule has 2 unspecified atom stereocenters. The van der Waals surface area contributed by atoms with Crippen molar-refractivity contribution in [3.63, 3.8) is 0 Å². The van der Waals surface area contributed by atoms with E-state index >= 15 is 0 Å². The van der Waals surface area contributed by atoms with Crippen LogP contribution in [0.3, 0.4) is 0 Å². The molecule has 94 valence electrons. The summed E-state index contributed by atoms with van der Waals surface area (Å²) in [5, 5.41) is 7.79. The number of hydrogen-bond acceptors (Lipinski definition) is 4. The maximum absolute atomic E-state index is 12.1. The van der Waals surface area contributed by atoms with Crippen molar-refractivity contribution in [3.8, 4) is 0 Å². The van der Waals surface area contributed by atoms with Gasteiger partial charge in [-0.15, -0.1) is 11.8 Å². The lowest BCUT2D eigenvalue weighted by molar-refractivity contribution is -0.129. The third-order valence-corrected chi connectivity index (χ3v) is 4.95. The monoisotopic (exact) mass is 270 g/mol. The number of thiophene rings is 1. The number of hydrogen-bond donors (Lipinski definition) is 1. The van der Waals surface area contributed by atoms with Gasteiger partial charge in [0.1, 0.15) is 5.37 Å². The van der Waals surface area contributed by atoms with Crippen LogP contribution >= 0.6 is 23.1 Å². The summed E-state index contributed by atoms with van der Waals surface area (Å²) >= 11 is 3.45. The Kier molecular flexibility index (Phi) is 4.48. The first-order valence-electron chi connectivity index (χ1n) is 5.92. The maximum Gasteiger partial charge on any atom is 0.236 e. The van der Waals surface area contributed by atoms with Crippen molar-refractivity contribution >= 4 is 29.0 Å². The van der Waals surface area contributed by atoms with Gasteiger partial charge in [-0.25, -0.2) is 0 Å². The van der Waals surface area contributed by atoms with Gasteiger partial charge in [-0.1, -0.05) is 6.92 Å². The van der Waals surface area contributed by atoms with E-state index in [2.05, 4.69) is 29.1 Å². The molecule has 3 nitrogen and oxygen atoms in total. The number of amides is 1. The zero-order valence-electron chi connectivity index (χ0n) is 10.2. The summed E-state index contributed by atoms with van der Waals surface area (Å²) in [5.41, 5.74) is 1.26. The molecule has 2 rings (SSSR count). The molecule has 1 aromatic heterocycles. The van der Waals surface area contributed by atoms with E-state index in [0.717, 1.165) is 19.6 Å². The summed E-state index contributed by atoms with van der Waals surface area (Å²) in [6.45, 7) is 6.70. The molecule has 2 heterocycles. The molecule has 0 radical (unpaired) electrons. The summed E-state index contributed by atoms with van der Waals surface area (Å²) < 4.78 is 0. The minimum atomic E-state index is 0.0847. The summed E-state index contributed by atoms with van der Waals surface area (Å²) in [5.74, 6) is 0.268. The van der Waals surface area contributed by atoms with Gasteiger partial charge in [0.2, 0.25) is 5.91 Å². The first-order valence-corrected chi connectivity index (χ1v) is 7.81. The molecule has 1 aliphatic heterocycles. The SMILES string of the molecule is CCNCCN1C(=O)C(C)SC1c1ccsc1. The Bertz CT molecular complexity index is 367. The highest BCUT2D eigenvalue weighted by Crippen LogP contribution is 2.43. The largest absolute Gasteiger partial charge is 0.324 e. The number of nitrogens with zero attached hydrogens (tertiary/aromatic N) is 1. The Morgan fingerprint density at radius 2 is 2.35 bits per heavy atom. The highest BCUT2D eigenvalue weighted by Gasteiger charge is 2.37. The number of carbonyl (C=O) groups excluding carboxylic acids is 1. The second-order valence-corrected chi connectivity index (χ2v) is 6.28. The molecular formula is C12H18N2OS2. The van der Waals surface area contributed by atoms with Crippen molar-refractivity contribution in [1.82, 2.24) is 10.2 Å². The molecule has 1 saturated heterocycles. The van der Waals surface area contributed by atoms with Gasteiger partial charge in [0, 0.05) is 13.1 Å². The Hall–Kier alpha value is -0.520. The van der Waals surface area contributed by atoms with Gasteiger partial charge in [0.05, 0.1) is 5.25 Å². The first kappa shape index (κ1) is 12.9. The fraction of sp³-hybridized carbons (Fsp3) is 0.583. The van der Waals surface area contributed by atoms with Gasteiger partial charge < -0.3 is 10.2 Å². The lowest BCUT2D eigenvalue weighted by Gasteiger charge is -2.23. The number of nitrogens with one attached hydrogen (secondary N) is 1. The molecule has 0 spiro atoms. The normalized spacial score (nSPS) is 24.6. The van der Waals surface area contributed by atoms with Crippen molar-refractivity contribution in [2.24, 2.45) is 0 Å². The van der Waals surface area contributed by atoms with Crippen LogP contribution in [0.25, 0.3) is 0 Å². The zero-order valence-corrected chi connectivity index (χ0v) is 11.8. The smallest absolute Gasteiger partial charge is 0.236 e. The van der Waals surface area contributed by atoms with E-state index in [9.17, 15) is 4.79 Å². The molecule has 2 atom stereocenters. The predicted octanol–water partition coefficient (Wildman–Crippen LogP) is 2.32. The number of likely N-dealkylation sites (N-methyl/N-ethyl adjacent to an activating group) is 1. The molecule has 0 bridgehead atoms. The van der Waals surface area contributed by atoms with Crippen LogP contribution in [0, 0.1) is 0 Å². The van der Waals surface area contributed by atoms with E-state index in [1.807, 2.05) is 11.8 Å². The zero-order chi connectivity index (χ0) is 12.3. The molecule has 1 aliphatic rings. The summed E-state index contributed by atoms with van der Waals surface area (Å²) in [6, 6.07) is 2.12. The van der Waals surface area contributed by atoms with Gasteiger partial charge in [-0.3, -0.25) is 4.79 Å². The topological polar surface area (TPSA) is 32.3 Å². The van der Waals surface area contributed by atoms with Gasteiger partial charge in [-0.05, 0) is 35.9 Å². The highest BCUT2D eigenvalue weighted by molar-refractivity contribution is 8.01. The molecule has 17 heavy (non-hydrogen) atoms. The van der Waals surface area contributed by atoms with E-state index in [-0.39, 0.29) is 16.5 Å². The van der Waals surface area contributed by atoms with Crippen LogP contribution in [-0.2, 0) is 4.79 Å². The average molecular weight is 270 g/mol. The molecule has 1 fully saturated rings. The number of rotatable bonds is 5. The third-order valence-electron chi connectivity index (χ3n) is 2.85. The van der Waals surface area contributed by atoms with E-state index in [1.165, 1.54) is 5.56 Å². The van der Waals surface area contributed by atoms with E-state index in [1.54, 1.807) is 23.1 Å². The maximum atomic E-state index is 12.1. The van der Waals surface area contributed by atoms with Crippen molar-refractivity contribution in [3.05, 3.63) is 22.4 Å². The predicted molar refractivity (Wildman–Crippen MR) is 74.4 cm³/mol. The molecule has 1 amide bonds. The van der Waals surface area contributed by atoms with Crippen molar-refractivity contribution in [1.29, 1.82) is 0 Å². The van der Waals surface area contributed by atoms with Crippen LogP contribution in [-0.4, -0.2) is 35.7 Å². The molecule has 0 aliphatic carbocycles. The molecule has 5 heteroatoms. The summed E-state index contributed by atoms with van der Waals surface area (Å²) in [7, 11) is 0. The van der Waals surface area contributed by atoms with Crippen LogP contribution in [0.4, 0.5) is 0 Å². The van der Waals surface area contributed by atoms with Crippen molar-refractivity contribution < 1.29 is 4.79 Å². The Balaban J connectivity index is 2.05. The highest BCUT2D eigenvalue weighted by atomic mass is 32.2. The lowest BCUT2D eigenvalue weighted by Crippen LogP contribution is -2.36. The average Bonchev–Trinajstić information content (AvgIpc) is 2.92. The number of carbonyl (C=O) groups is 1. The molecule has 1 N–H and O–H groups in total. The first-order chi connectivity index (χ1) is 8.24. The fourth-order valence-electron chi connectivity index (χ4n) is 1.95. The van der Waals surface area contributed by atoms with E-state index in [0.29, 0.717) is 0 Å². The van der Waals surface area contributed by atoms with Crippen LogP contribution < -0.4 is 5.32 Å². The van der Waals surface area contributed by atoms with Gasteiger partial charge in [-0.2, -0.15) is 11.3 Å². The third kappa shape index (κ3) is 2.84. The quantitative estimate of drug-likeness (QED) is 0.833. The molecule has 1 aromatic rings. The van der Waals surface area contributed by atoms with Crippen LogP contribution in [0.2, 0.25) is 0 Å². The standard InChI is InChI=1S/C12H18N2OS2/c1-3-13-5-6-14-11(15)9(2)17-12(14)10-4-7-16-8-10/h4,7-9,12-13H,3,5-6H2,1-2H3. The minimum absolute atomic E-state index is 0.0847. The summed E-state index contributed by atoms with van der Waals surface area (Å²) in [4.78, 5) is 14.1. The minimum Gasteiger partial charge on any atom is -0.324 e. The number of thioether (sulfide) groups is 1. The summed E-state index contributed by atoms with van der Waals surface area (Å²) in [6.07, 6.45) is 0. The molecule has 0 saturated carbocycles. The second-order valence-electron chi connectivity index (χ2n) is 4.07. The van der Waals surface area contributed by atoms with Gasteiger partial charge in [0.25, 0.3) is 0 Å². The Morgan fingerprint density at radius 3 is 3.00 bits per heavy atom.